The maximum absolute atomic E-state index is 3.77. The van der Waals surface area contributed by atoms with E-state index in [0.29, 0.717) is 0 Å². The molecule has 1 N–H and O–H groups in total. The maximum atomic E-state index is 3.77. The molecule has 0 saturated carbocycles. The molecule has 6 aromatic rings. The SMILES string of the molecule is c1ccc(N2c3ccccc3NC2c2cccc(-c3cccc4c3sc3ccccc34)c2)cc1. The molecule has 1 aliphatic rings. The number of hydrogen-bond donors (Lipinski definition) is 1. The van der Waals surface area contributed by atoms with Gasteiger partial charge in [-0.1, -0.05) is 84.9 Å². The van der Waals surface area contributed by atoms with Crippen molar-refractivity contribution in [2.24, 2.45) is 0 Å². The standard InChI is InChI=1S/C31H22N2S/c1-2-12-23(13-3-1)33-28-18-6-5-17-27(28)32-31(33)22-11-8-10-21(20-22)24-15-9-16-26-25-14-4-7-19-29(25)34-30(24)26/h1-20,31-32H. The van der Waals surface area contributed by atoms with E-state index in [0.717, 1.165) is 5.69 Å². The van der Waals surface area contributed by atoms with Gasteiger partial charge in [0, 0.05) is 25.9 Å². The Morgan fingerprint density at radius 1 is 0.647 bits per heavy atom. The Morgan fingerprint density at radius 3 is 2.35 bits per heavy atom. The lowest BCUT2D eigenvalue weighted by Gasteiger charge is -2.27. The van der Waals surface area contributed by atoms with Crippen LogP contribution in [0.5, 0.6) is 0 Å². The minimum absolute atomic E-state index is 0.0290. The quantitative estimate of drug-likeness (QED) is 0.287. The van der Waals surface area contributed by atoms with Crippen LogP contribution < -0.4 is 10.2 Å². The van der Waals surface area contributed by atoms with Crippen molar-refractivity contribution in [1.82, 2.24) is 0 Å². The fraction of sp³-hybridized carbons (Fsp3) is 0.0323. The lowest BCUT2D eigenvalue weighted by Crippen LogP contribution is -2.23. The molecular formula is C31H22N2S. The largest absolute Gasteiger partial charge is 0.359 e. The zero-order valence-electron chi connectivity index (χ0n) is 18.5. The Labute approximate surface area is 202 Å². The second kappa shape index (κ2) is 7.75. The summed E-state index contributed by atoms with van der Waals surface area (Å²) in [7, 11) is 0. The van der Waals surface area contributed by atoms with Gasteiger partial charge in [0.2, 0.25) is 0 Å². The molecule has 0 fully saturated rings. The molecule has 0 spiro atoms. The van der Waals surface area contributed by atoms with Crippen molar-refractivity contribution in [1.29, 1.82) is 0 Å². The monoisotopic (exact) mass is 454 g/mol. The van der Waals surface area contributed by atoms with E-state index in [1.807, 2.05) is 11.3 Å². The first-order chi connectivity index (χ1) is 16.9. The predicted octanol–water partition coefficient (Wildman–Crippen LogP) is 8.98. The van der Waals surface area contributed by atoms with Gasteiger partial charge in [-0.3, -0.25) is 0 Å². The van der Waals surface area contributed by atoms with E-state index in [2.05, 4.69) is 132 Å². The molecule has 0 amide bonds. The molecule has 1 aliphatic heterocycles. The Hall–Kier alpha value is -4.08. The van der Waals surface area contributed by atoms with E-state index in [1.165, 1.54) is 48.2 Å². The van der Waals surface area contributed by atoms with Gasteiger partial charge in [-0.15, -0.1) is 11.3 Å². The third-order valence-electron chi connectivity index (χ3n) is 6.67. The van der Waals surface area contributed by atoms with Crippen LogP contribution in [0.3, 0.4) is 0 Å². The first-order valence-corrected chi connectivity index (χ1v) is 12.4. The van der Waals surface area contributed by atoms with Crippen molar-refractivity contribution in [3.8, 4) is 11.1 Å². The van der Waals surface area contributed by atoms with Crippen molar-refractivity contribution < 1.29 is 0 Å². The zero-order chi connectivity index (χ0) is 22.5. The average Bonchev–Trinajstić information content (AvgIpc) is 3.48. The van der Waals surface area contributed by atoms with Gasteiger partial charge in [-0.2, -0.15) is 0 Å². The molecule has 0 aliphatic carbocycles. The summed E-state index contributed by atoms with van der Waals surface area (Å²) in [6.07, 6.45) is 0.0290. The van der Waals surface area contributed by atoms with Crippen molar-refractivity contribution in [3.05, 3.63) is 127 Å². The van der Waals surface area contributed by atoms with Gasteiger partial charge >= 0.3 is 0 Å². The van der Waals surface area contributed by atoms with Crippen molar-refractivity contribution in [2.75, 3.05) is 10.2 Å². The molecule has 2 heterocycles. The summed E-state index contributed by atoms with van der Waals surface area (Å²) in [6.45, 7) is 0. The highest BCUT2D eigenvalue weighted by molar-refractivity contribution is 7.26. The van der Waals surface area contributed by atoms with Crippen molar-refractivity contribution in [3.63, 3.8) is 0 Å². The maximum Gasteiger partial charge on any atom is 0.130 e. The normalized spacial score (nSPS) is 14.9. The van der Waals surface area contributed by atoms with Crippen LogP contribution in [0.2, 0.25) is 0 Å². The van der Waals surface area contributed by atoms with E-state index < -0.39 is 0 Å². The van der Waals surface area contributed by atoms with Gasteiger partial charge in [0.1, 0.15) is 6.17 Å². The molecule has 1 atom stereocenters. The molecule has 2 nitrogen and oxygen atoms in total. The average molecular weight is 455 g/mol. The molecule has 0 radical (unpaired) electrons. The van der Waals surface area contributed by atoms with Crippen LogP contribution in [0.25, 0.3) is 31.3 Å². The molecule has 162 valence electrons. The van der Waals surface area contributed by atoms with Gasteiger partial charge in [-0.25, -0.2) is 0 Å². The first kappa shape index (κ1) is 19.4. The summed E-state index contributed by atoms with van der Waals surface area (Å²) in [6, 6.07) is 43.6. The Morgan fingerprint density at radius 2 is 1.41 bits per heavy atom. The predicted molar refractivity (Wildman–Crippen MR) is 146 cm³/mol. The van der Waals surface area contributed by atoms with Gasteiger partial charge in [0.05, 0.1) is 11.4 Å². The minimum atomic E-state index is 0.0290. The van der Waals surface area contributed by atoms with E-state index in [-0.39, 0.29) is 6.17 Å². The molecular weight excluding hydrogens is 432 g/mol. The van der Waals surface area contributed by atoms with Gasteiger partial charge in [0.25, 0.3) is 0 Å². The van der Waals surface area contributed by atoms with E-state index in [9.17, 15) is 0 Å². The highest BCUT2D eigenvalue weighted by Crippen LogP contribution is 2.46. The Balaban J connectivity index is 1.37. The number of hydrogen-bond acceptors (Lipinski definition) is 3. The van der Waals surface area contributed by atoms with Crippen LogP contribution in [0.1, 0.15) is 11.7 Å². The number of nitrogens with zero attached hydrogens (tertiary/aromatic N) is 1. The summed E-state index contributed by atoms with van der Waals surface area (Å²) in [5, 5.41) is 6.44. The summed E-state index contributed by atoms with van der Waals surface area (Å²) in [5.41, 5.74) is 7.34. The number of rotatable bonds is 3. The van der Waals surface area contributed by atoms with Crippen LogP contribution in [-0.2, 0) is 0 Å². The molecule has 0 saturated heterocycles. The highest BCUT2D eigenvalue weighted by Gasteiger charge is 2.31. The van der Waals surface area contributed by atoms with E-state index in [4.69, 9.17) is 0 Å². The fourth-order valence-electron chi connectivity index (χ4n) is 5.12. The highest BCUT2D eigenvalue weighted by atomic mass is 32.1. The number of anilines is 3. The van der Waals surface area contributed by atoms with Crippen LogP contribution in [0.4, 0.5) is 17.1 Å². The topological polar surface area (TPSA) is 15.3 Å². The first-order valence-electron chi connectivity index (χ1n) is 11.6. The molecule has 34 heavy (non-hydrogen) atoms. The third-order valence-corrected chi connectivity index (χ3v) is 7.89. The molecule has 0 bridgehead atoms. The fourth-order valence-corrected chi connectivity index (χ4v) is 6.35. The van der Waals surface area contributed by atoms with Gasteiger partial charge in [-0.05, 0) is 53.1 Å². The molecule has 7 rings (SSSR count). The number of para-hydroxylation sites is 3. The molecule has 1 aromatic heterocycles. The number of fused-ring (bicyclic) bond motifs is 4. The summed E-state index contributed by atoms with van der Waals surface area (Å²) >= 11 is 1.88. The number of thiophene rings is 1. The molecule has 5 aromatic carbocycles. The zero-order valence-corrected chi connectivity index (χ0v) is 19.3. The second-order valence-corrected chi connectivity index (χ2v) is 9.73. The number of benzene rings is 5. The summed E-state index contributed by atoms with van der Waals surface area (Å²) in [5.74, 6) is 0. The number of nitrogens with one attached hydrogen (secondary N) is 1. The van der Waals surface area contributed by atoms with Gasteiger partial charge < -0.3 is 10.2 Å². The molecule has 3 heteroatoms. The van der Waals surface area contributed by atoms with Crippen molar-refractivity contribution >= 4 is 48.6 Å². The van der Waals surface area contributed by atoms with Crippen LogP contribution >= 0.6 is 11.3 Å². The van der Waals surface area contributed by atoms with Gasteiger partial charge in [0.15, 0.2) is 0 Å². The van der Waals surface area contributed by atoms with E-state index in [1.54, 1.807) is 0 Å². The lowest BCUT2D eigenvalue weighted by molar-refractivity contribution is 0.829. The Bertz CT molecular complexity index is 1650. The minimum Gasteiger partial charge on any atom is -0.359 e. The van der Waals surface area contributed by atoms with Crippen molar-refractivity contribution in [2.45, 2.75) is 6.17 Å². The third kappa shape index (κ3) is 3.01. The second-order valence-electron chi connectivity index (χ2n) is 8.68. The van der Waals surface area contributed by atoms with Crippen LogP contribution in [0, 0.1) is 0 Å². The molecule has 1 unspecified atom stereocenters. The van der Waals surface area contributed by atoms with Crippen LogP contribution in [-0.4, -0.2) is 0 Å². The lowest BCUT2D eigenvalue weighted by atomic mass is 9.99. The van der Waals surface area contributed by atoms with E-state index >= 15 is 0 Å². The Kier molecular flexibility index (Phi) is 4.42. The van der Waals surface area contributed by atoms with Crippen LogP contribution in [0.15, 0.2) is 121 Å². The smallest absolute Gasteiger partial charge is 0.130 e. The summed E-state index contributed by atoms with van der Waals surface area (Å²) < 4.78 is 2.69. The summed E-state index contributed by atoms with van der Waals surface area (Å²) in [4.78, 5) is 2.40.